The van der Waals surface area contributed by atoms with Gasteiger partial charge in [-0.2, -0.15) is 0 Å². The van der Waals surface area contributed by atoms with Gasteiger partial charge in [0.25, 0.3) is 0 Å². The average Bonchev–Trinajstić information content (AvgIpc) is 3.09. The minimum atomic E-state index is -0.572. The zero-order chi connectivity index (χ0) is 17.3. The van der Waals surface area contributed by atoms with Crippen LogP contribution >= 0.6 is 11.6 Å². The minimum absolute atomic E-state index is 0.00779. The summed E-state index contributed by atoms with van der Waals surface area (Å²) in [6, 6.07) is 0. The number of nitrogens with zero attached hydrogens (tertiary/aromatic N) is 4. The van der Waals surface area contributed by atoms with Crippen molar-refractivity contribution in [2.24, 2.45) is 0 Å². The summed E-state index contributed by atoms with van der Waals surface area (Å²) < 4.78 is 17.8. The first kappa shape index (κ1) is 16.6. The number of halogens is 1. The highest BCUT2D eigenvalue weighted by molar-refractivity contribution is 6.33. The van der Waals surface area contributed by atoms with Crippen molar-refractivity contribution < 1.29 is 23.8 Å². The number of fused-ring (bicyclic) bond motifs is 1. The maximum Gasteiger partial charge on any atom is 0.303 e. The summed E-state index contributed by atoms with van der Waals surface area (Å²) in [5.74, 6) is -0.867. The third kappa shape index (κ3) is 3.31. The van der Waals surface area contributed by atoms with Crippen molar-refractivity contribution in [1.82, 2.24) is 19.5 Å². The van der Waals surface area contributed by atoms with Gasteiger partial charge in [-0.25, -0.2) is 15.0 Å². The van der Waals surface area contributed by atoms with Crippen LogP contribution in [0.5, 0.6) is 0 Å². The molecule has 3 unspecified atom stereocenters. The Labute approximate surface area is 141 Å². The number of hydrogen-bond acceptors (Lipinski definition) is 8. The lowest BCUT2D eigenvalue weighted by Crippen LogP contribution is -2.31. The maximum atomic E-state index is 11.3. The standard InChI is InChI=1S/C14H15ClN4O5/c1-7(20)22-4-10-9(23-8(2)21)3-11(24-10)19-6-18-12-13(15)16-5-17-14(12)19/h5-6,9-11H,3-4H2,1-2H3. The Morgan fingerprint density at radius 1 is 1.33 bits per heavy atom. The van der Waals surface area contributed by atoms with Crippen LogP contribution in [-0.4, -0.2) is 50.3 Å². The van der Waals surface area contributed by atoms with E-state index >= 15 is 0 Å². The van der Waals surface area contributed by atoms with Crippen LogP contribution in [0.2, 0.25) is 5.15 Å². The molecule has 10 heteroatoms. The quantitative estimate of drug-likeness (QED) is 0.597. The van der Waals surface area contributed by atoms with Gasteiger partial charge in [0.1, 0.15) is 36.9 Å². The predicted octanol–water partition coefficient (Wildman–Crippen LogP) is 1.26. The number of rotatable bonds is 4. The van der Waals surface area contributed by atoms with Crippen molar-refractivity contribution in [3.63, 3.8) is 0 Å². The largest absolute Gasteiger partial charge is 0.463 e. The van der Waals surface area contributed by atoms with Gasteiger partial charge >= 0.3 is 11.9 Å². The fraction of sp³-hybridized carbons (Fsp3) is 0.500. The van der Waals surface area contributed by atoms with E-state index in [1.807, 2.05) is 0 Å². The molecular weight excluding hydrogens is 340 g/mol. The molecule has 24 heavy (non-hydrogen) atoms. The van der Waals surface area contributed by atoms with E-state index in [1.54, 1.807) is 4.57 Å². The number of hydrogen-bond donors (Lipinski definition) is 0. The lowest BCUT2D eigenvalue weighted by Gasteiger charge is -2.17. The highest BCUT2D eigenvalue weighted by Crippen LogP contribution is 2.33. The van der Waals surface area contributed by atoms with E-state index < -0.39 is 30.4 Å². The molecule has 0 spiro atoms. The minimum Gasteiger partial charge on any atom is -0.463 e. The van der Waals surface area contributed by atoms with Crippen LogP contribution in [-0.2, 0) is 23.8 Å². The van der Waals surface area contributed by atoms with E-state index in [4.69, 9.17) is 25.8 Å². The Kier molecular flexibility index (Phi) is 4.63. The molecule has 3 atom stereocenters. The summed E-state index contributed by atoms with van der Waals surface area (Å²) >= 11 is 5.99. The molecule has 9 nitrogen and oxygen atoms in total. The molecule has 0 amide bonds. The molecule has 0 aliphatic carbocycles. The summed E-state index contributed by atoms with van der Waals surface area (Å²) in [5.41, 5.74) is 0.963. The van der Waals surface area contributed by atoms with Crippen LogP contribution in [0.15, 0.2) is 12.7 Å². The van der Waals surface area contributed by atoms with Gasteiger partial charge in [-0.15, -0.1) is 0 Å². The second-order valence-corrected chi connectivity index (χ2v) is 5.66. The van der Waals surface area contributed by atoms with Crippen LogP contribution in [0.4, 0.5) is 0 Å². The van der Waals surface area contributed by atoms with Crippen LogP contribution in [0.25, 0.3) is 11.2 Å². The molecule has 1 aliphatic heterocycles. The van der Waals surface area contributed by atoms with Crippen molar-refractivity contribution in [3.8, 4) is 0 Å². The molecule has 2 aromatic heterocycles. The van der Waals surface area contributed by atoms with Crippen LogP contribution in [0.1, 0.15) is 26.5 Å². The normalized spacial score (nSPS) is 23.4. The van der Waals surface area contributed by atoms with E-state index in [2.05, 4.69) is 15.0 Å². The van der Waals surface area contributed by atoms with Gasteiger partial charge in [-0.1, -0.05) is 11.6 Å². The van der Waals surface area contributed by atoms with Crippen molar-refractivity contribution in [2.45, 2.75) is 38.7 Å². The van der Waals surface area contributed by atoms with Crippen molar-refractivity contribution >= 4 is 34.7 Å². The molecule has 1 fully saturated rings. The van der Waals surface area contributed by atoms with Gasteiger partial charge in [0.2, 0.25) is 0 Å². The monoisotopic (exact) mass is 354 g/mol. The van der Waals surface area contributed by atoms with Gasteiger partial charge in [0.15, 0.2) is 10.8 Å². The molecule has 0 radical (unpaired) electrons. The molecule has 3 rings (SSSR count). The maximum absolute atomic E-state index is 11.3. The lowest BCUT2D eigenvalue weighted by molar-refractivity contribution is -0.155. The Bertz CT molecular complexity index is 780. The van der Waals surface area contributed by atoms with Gasteiger partial charge in [-0.05, 0) is 0 Å². The van der Waals surface area contributed by atoms with Crippen molar-refractivity contribution in [1.29, 1.82) is 0 Å². The third-order valence-corrected chi connectivity index (χ3v) is 3.85. The number of imidazole rings is 1. The second-order valence-electron chi connectivity index (χ2n) is 5.30. The Hall–Kier alpha value is -2.26. The molecule has 0 N–H and O–H groups in total. The van der Waals surface area contributed by atoms with E-state index in [0.717, 1.165) is 0 Å². The van der Waals surface area contributed by atoms with Gasteiger partial charge in [0.05, 0.1) is 6.33 Å². The molecule has 0 aromatic carbocycles. The van der Waals surface area contributed by atoms with Crippen molar-refractivity contribution in [3.05, 3.63) is 17.8 Å². The van der Waals surface area contributed by atoms with Gasteiger partial charge in [-0.3, -0.25) is 14.2 Å². The van der Waals surface area contributed by atoms with Crippen LogP contribution in [0, 0.1) is 0 Å². The van der Waals surface area contributed by atoms with Gasteiger partial charge in [0, 0.05) is 20.3 Å². The first-order valence-corrected chi connectivity index (χ1v) is 7.62. The highest BCUT2D eigenvalue weighted by atomic mass is 35.5. The third-order valence-electron chi connectivity index (χ3n) is 3.57. The molecule has 2 aromatic rings. The first-order valence-electron chi connectivity index (χ1n) is 7.24. The Morgan fingerprint density at radius 3 is 2.83 bits per heavy atom. The van der Waals surface area contributed by atoms with E-state index in [9.17, 15) is 9.59 Å². The molecular formula is C14H15ClN4O5. The van der Waals surface area contributed by atoms with Crippen LogP contribution in [0.3, 0.4) is 0 Å². The fourth-order valence-electron chi connectivity index (χ4n) is 2.59. The lowest BCUT2D eigenvalue weighted by atomic mass is 10.2. The smallest absolute Gasteiger partial charge is 0.303 e. The predicted molar refractivity (Wildman–Crippen MR) is 81.0 cm³/mol. The summed E-state index contributed by atoms with van der Waals surface area (Å²) in [5, 5.41) is 0.241. The first-order chi connectivity index (χ1) is 11.5. The SMILES string of the molecule is CC(=O)OCC1OC(n2cnc3c(Cl)ncnc32)CC1OC(C)=O. The molecule has 1 aliphatic rings. The molecule has 0 bridgehead atoms. The summed E-state index contributed by atoms with van der Waals surface area (Å²) in [7, 11) is 0. The topological polar surface area (TPSA) is 105 Å². The molecule has 128 valence electrons. The second kappa shape index (κ2) is 6.70. The van der Waals surface area contributed by atoms with E-state index in [-0.39, 0.29) is 11.8 Å². The summed E-state index contributed by atoms with van der Waals surface area (Å²) in [6.07, 6.45) is 1.65. The highest BCUT2D eigenvalue weighted by Gasteiger charge is 2.39. The van der Waals surface area contributed by atoms with Crippen LogP contribution < -0.4 is 0 Å². The summed E-state index contributed by atoms with van der Waals surface area (Å²) in [6.45, 7) is 2.61. The number of carbonyl (C=O) groups is 2. The van der Waals surface area contributed by atoms with E-state index in [0.29, 0.717) is 17.6 Å². The molecule has 1 saturated heterocycles. The van der Waals surface area contributed by atoms with E-state index in [1.165, 1.54) is 26.5 Å². The number of ether oxygens (including phenoxy) is 3. The summed E-state index contributed by atoms with van der Waals surface area (Å²) in [4.78, 5) is 34.5. The Balaban J connectivity index is 1.84. The molecule has 3 heterocycles. The van der Waals surface area contributed by atoms with Gasteiger partial charge < -0.3 is 14.2 Å². The average molecular weight is 355 g/mol. The number of esters is 2. The van der Waals surface area contributed by atoms with Crippen molar-refractivity contribution in [2.75, 3.05) is 6.61 Å². The number of aromatic nitrogens is 4. The molecule has 0 saturated carbocycles. The zero-order valence-corrected chi connectivity index (χ0v) is 13.8. The Morgan fingerprint density at radius 2 is 2.12 bits per heavy atom. The fourth-order valence-corrected chi connectivity index (χ4v) is 2.77. The number of carbonyl (C=O) groups excluding carboxylic acids is 2. The zero-order valence-electron chi connectivity index (χ0n) is 13.0.